The molecule has 0 bridgehead atoms. The smallest absolute Gasteiger partial charge is 0.255 e. The van der Waals surface area contributed by atoms with Crippen LogP contribution in [0, 0.1) is 6.92 Å². The second-order valence-electron chi connectivity index (χ2n) is 6.15. The summed E-state index contributed by atoms with van der Waals surface area (Å²) < 4.78 is 0. The van der Waals surface area contributed by atoms with Crippen molar-refractivity contribution in [3.63, 3.8) is 0 Å². The first-order valence-electron chi connectivity index (χ1n) is 7.54. The first-order chi connectivity index (χ1) is 10.4. The normalized spacial score (nSPS) is 20.9. The molecule has 1 spiro atoms. The highest BCUT2D eigenvalue weighted by Gasteiger charge is 2.41. The molecule has 0 saturated carbocycles. The summed E-state index contributed by atoms with van der Waals surface area (Å²) >= 11 is 5.87. The van der Waals surface area contributed by atoms with Crippen LogP contribution in [0.3, 0.4) is 0 Å². The van der Waals surface area contributed by atoms with Crippen molar-refractivity contribution in [3.8, 4) is 0 Å². The number of anilines is 1. The number of aryl methyl sites for hydroxylation is 1. The van der Waals surface area contributed by atoms with Crippen molar-refractivity contribution in [2.45, 2.75) is 37.7 Å². The minimum atomic E-state index is -0.508. The van der Waals surface area contributed by atoms with Gasteiger partial charge in [0, 0.05) is 31.6 Å². The fraction of sp³-hybridized carbons (Fsp3) is 0.500. The first kappa shape index (κ1) is 15.2. The fourth-order valence-corrected chi connectivity index (χ4v) is 3.28. The number of alkyl halides is 1. The highest BCUT2D eigenvalue weighted by molar-refractivity contribution is 6.30. The molecule has 1 unspecified atom stereocenters. The summed E-state index contributed by atoms with van der Waals surface area (Å²) in [5.41, 5.74) is 2.13. The molecule has 2 amide bonds. The summed E-state index contributed by atoms with van der Waals surface area (Å²) in [4.78, 5) is 26.1. The van der Waals surface area contributed by atoms with Gasteiger partial charge < -0.3 is 15.5 Å². The van der Waals surface area contributed by atoms with Crippen molar-refractivity contribution in [2.75, 3.05) is 18.4 Å². The molecule has 1 atom stereocenters. The molecular formula is C16H20ClN3O2. The molecular weight excluding hydrogens is 302 g/mol. The van der Waals surface area contributed by atoms with Crippen molar-refractivity contribution < 1.29 is 9.59 Å². The molecule has 2 heterocycles. The van der Waals surface area contributed by atoms with Gasteiger partial charge in [0.15, 0.2) is 0 Å². The Hall–Kier alpha value is -1.75. The topological polar surface area (TPSA) is 61.4 Å². The predicted molar refractivity (Wildman–Crippen MR) is 86.1 cm³/mol. The van der Waals surface area contributed by atoms with E-state index < -0.39 is 11.0 Å². The van der Waals surface area contributed by atoms with E-state index in [9.17, 15) is 9.59 Å². The minimum Gasteiger partial charge on any atom is -0.362 e. The number of piperidine rings is 1. The van der Waals surface area contributed by atoms with Crippen molar-refractivity contribution in [3.05, 3.63) is 29.3 Å². The van der Waals surface area contributed by atoms with Crippen molar-refractivity contribution >= 4 is 29.1 Å². The lowest BCUT2D eigenvalue weighted by atomic mass is 9.92. The van der Waals surface area contributed by atoms with Crippen LogP contribution >= 0.6 is 11.6 Å². The van der Waals surface area contributed by atoms with Gasteiger partial charge in [0.25, 0.3) is 5.91 Å². The molecule has 6 heteroatoms. The van der Waals surface area contributed by atoms with Gasteiger partial charge in [0.05, 0.1) is 5.56 Å². The van der Waals surface area contributed by atoms with E-state index in [1.165, 1.54) is 0 Å². The minimum absolute atomic E-state index is 0.0466. The number of halogens is 1. The van der Waals surface area contributed by atoms with Gasteiger partial charge in [-0.1, -0.05) is 11.6 Å². The van der Waals surface area contributed by atoms with Gasteiger partial charge in [0.2, 0.25) is 5.91 Å². The molecule has 2 aliphatic rings. The van der Waals surface area contributed by atoms with E-state index in [4.69, 9.17) is 11.6 Å². The second kappa shape index (κ2) is 5.47. The van der Waals surface area contributed by atoms with Crippen LogP contribution in [0.5, 0.6) is 0 Å². The Morgan fingerprint density at radius 2 is 2.00 bits per heavy atom. The molecule has 0 radical (unpaired) electrons. The van der Waals surface area contributed by atoms with E-state index in [-0.39, 0.29) is 11.8 Å². The van der Waals surface area contributed by atoms with Crippen LogP contribution in [0.2, 0.25) is 0 Å². The van der Waals surface area contributed by atoms with Crippen molar-refractivity contribution in [1.82, 2.24) is 10.2 Å². The summed E-state index contributed by atoms with van der Waals surface area (Å²) in [6.07, 6.45) is 1.34. The van der Waals surface area contributed by atoms with Crippen LogP contribution in [-0.4, -0.2) is 40.8 Å². The van der Waals surface area contributed by atoms with Crippen molar-refractivity contribution in [1.29, 1.82) is 0 Å². The van der Waals surface area contributed by atoms with Gasteiger partial charge >= 0.3 is 0 Å². The van der Waals surface area contributed by atoms with E-state index in [2.05, 4.69) is 10.6 Å². The number of nitrogens with one attached hydrogen (secondary N) is 2. The Kier molecular flexibility index (Phi) is 3.77. The summed E-state index contributed by atoms with van der Waals surface area (Å²) in [5.74, 6) is -0.0994. The second-order valence-corrected chi connectivity index (χ2v) is 6.81. The number of carbonyl (C=O) groups excluding carboxylic acids is 2. The molecule has 2 N–H and O–H groups in total. The summed E-state index contributed by atoms with van der Waals surface area (Å²) in [6.45, 7) is 4.83. The molecule has 1 fully saturated rings. The standard InChI is InChI=1S/C16H20ClN3O2/c1-10-3-4-13-12(9-10)14(21)19-16(18-13)5-7-20(8-6-16)15(22)11(2)17/h3-4,9,11,18H,5-8H2,1-2H3,(H,19,21). The molecule has 22 heavy (non-hydrogen) atoms. The molecule has 2 aliphatic heterocycles. The lowest BCUT2D eigenvalue weighted by Gasteiger charge is -2.46. The zero-order chi connectivity index (χ0) is 15.9. The quantitative estimate of drug-likeness (QED) is 0.779. The number of nitrogens with zero attached hydrogens (tertiary/aromatic N) is 1. The van der Waals surface area contributed by atoms with E-state index in [1.807, 2.05) is 25.1 Å². The largest absolute Gasteiger partial charge is 0.362 e. The maximum Gasteiger partial charge on any atom is 0.255 e. The average molecular weight is 322 g/mol. The van der Waals surface area contributed by atoms with Crippen LogP contribution < -0.4 is 10.6 Å². The maximum atomic E-state index is 12.4. The Bertz CT molecular complexity index is 622. The van der Waals surface area contributed by atoms with E-state index >= 15 is 0 Å². The zero-order valence-corrected chi connectivity index (χ0v) is 13.5. The van der Waals surface area contributed by atoms with Crippen molar-refractivity contribution in [2.24, 2.45) is 0 Å². The molecule has 0 aromatic heterocycles. The number of carbonyl (C=O) groups is 2. The number of benzene rings is 1. The van der Waals surface area contributed by atoms with Gasteiger partial charge in [-0.3, -0.25) is 9.59 Å². The highest BCUT2D eigenvalue weighted by atomic mass is 35.5. The maximum absolute atomic E-state index is 12.4. The molecule has 118 valence electrons. The van der Waals surface area contributed by atoms with Crippen LogP contribution in [0.4, 0.5) is 5.69 Å². The monoisotopic (exact) mass is 321 g/mol. The lowest BCUT2D eigenvalue weighted by Crippen LogP contribution is -2.63. The number of likely N-dealkylation sites (tertiary alicyclic amines) is 1. The molecule has 0 aliphatic carbocycles. The highest BCUT2D eigenvalue weighted by Crippen LogP contribution is 2.32. The molecule has 1 saturated heterocycles. The predicted octanol–water partition coefficient (Wildman–Crippen LogP) is 2.10. The Balaban J connectivity index is 1.76. The number of fused-ring (bicyclic) bond motifs is 1. The van der Waals surface area contributed by atoms with E-state index in [1.54, 1.807) is 11.8 Å². The third-order valence-corrected chi connectivity index (χ3v) is 4.60. The first-order valence-corrected chi connectivity index (χ1v) is 7.98. The third kappa shape index (κ3) is 2.65. The summed E-state index contributed by atoms with van der Waals surface area (Å²) in [6, 6.07) is 5.83. The zero-order valence-electron chi connectivity index (χ0n) is 12.8. The van der Waals surface area contributed by atoms with Gasteiger partial charge in [-0.05, 0) is 26.0 Å². The van der Waals surface area contributed by atoms with Crippen LogP contribution in [0.15, 0.2) is 18.2 Å². The SMILES string of the molecule is Cc1ccc2c(c1)C(=O)NC1(CCN(C(=O)C(C)Cl)CC1)N2. The van der Waals surface area contributed by atoms with E-state index in [0.717, 1.165) is 11.3 Å². The molecule has 1 aromatic rings. The Labute approximate surface area is 135 Å². The Morgan fingerprint density at radius 3 is 2.64 bits per heavy atom. The van der Waals surface area contributed by atoms with E-state index in [0.29, 0.717) is 31.5 Å². The third-order valence-electron chi connectivity index (χ3n) is 4.42. The van der Waals surface area contributed by atoms with Crippen LogP contribution in [-0.2, 0) is 4.79 Å². The van der Waals surface area contributed by atoms with Crippen LogP contribution in [0.1, 0.15) is 35.7 Å². The molecule has 3 rings (SSSR count). The van der Waals surface area contributed by atoms with Gasteiger partial charge in [-0.2, -0.15) is 0 Å². The number of hydrogen-bond donors (Lipinski definition) is 2. The lowest BCUT2D eigenvalue weighted by molar-refractivity contribution is -0.132. The summed E-state index contributed by atoms with van der Waals surface area (Å²) in [5, 5.41) is 6.03. The number of hydrogen-bond acceptors (Lipinski definition) is 3. The van der Waals surface area contributed by atoms with Gasteiger partial charge in [-0.15, -0.1) is 11.6 Å². The van der Waals surface area contributed by atoms with Gasteiger partial charge in [-0.25, -0.2) is 0 Å². The van der Waals surface area contributed by atoms with Gasteiger partial charge in [0.1, 0.15) is 11.0 Å². The fourth-order valence-electron chi connectivity index (χ4n) is 3.14. The number of amides is 2. The average Bonchev–Trinajstić information content (AvgIpc) is 2.48. The molecule has 5 nitrogen and oxygen atoms in total. The molecule has 1 aromatic carbocycles. The van der Waals surface area contributed by atoms with Crippen LogP contribution in [0.25, 0.3) is 0 Å². The Morgan fingerprint density at radius 1 is 1.32 bits per heavy atom. The number of rotatable bonds is 1. The summed E-state index contributed by atoms with van der Waals surface area (Å²) in [7, 11) is 0.